The van der Waals surface area contributed by atoms with Crippen molar-refractivity contribution in [3.05, 3.63) is 58.2 Å². The first-order chi connectivity index (χ1) is 9.06. The van der Waals surface area contributed by atoms with E-state index in [2.05, 4.69) is 4.98 Å². The normalized spacial score (nSPS) is 10.3. The average Bonchev–Trinajstić information content (AvgIpc) is 2.76. The molecule has 19 heavy (non-hydrogen) atoms. The zero-order chi connectivity index (χ0) is 13.8. The number of nitro benzene ring substituents is 1. The molecule has 0 amide bonds. The van der Waals surface area contributed by atoms with Gasteiger partial charge in [-0.25, -0.2) is 4.98 Å². The predicted octanol–water partition coefficient (Wildman–Crippen LogP) is 1.47. The molecule has 0 radical (unpaired) electrons. The van der Waals surface area contributed by atoms with Crippen LogP contribution in [0.1, 0.15) is 11.3 Å². The molecule has 1 aromatic carbocycles. The molecule has 0 atom stereocenters. The number of non-ortho nitro benzene ring substituents is 1. The van der Waals surface area contributed by atoms with Crippen molar-refractivity contribution in [2.75, 3.05) is 0 Å². The predicted molar refractivity (Wildman–Crippen MR) is 65.8 cm³/mol. The molecular weight excluding hydrogens is 250 g/mol. The third kappa shape index (κ3) is 3.15. The minimum atomic E-state index is -0.926. The Kier molecular flexibility index (Phi) is 3.56. The van der Waals surface area contributed by atoms with Gasteiger partial charge in [0, 0.05) is 30.6 Å². The fourth-order valence-corrected chi connectivity index (χ4v) is 1.71. The maximum absolute atomic E-state index is 10.7. The van der Waals surface area contributed by atoms with Gasteiger partial charge in [-0.15, -0.1) is 0 Å². The van der Waals surface area contributed by atoms with Crippen LogP contribution in [0.3, 0.4) is 0 Å². The quantitative estimate of drug-likeness (QED) is 0.649. The summed E-state index contributed by atoms with van der Waals surface area (Å²) in [6.45, 7) is 0.431. The van der Waals surface area contributed by atoms with Crippen molar-refractivity contribution in [2.45, 2.75) is 13.0 Å². The van der Waals surface area contributed by atoms with Gasteiger partial charge in [-0.2, -0.15) is 0 Å². The van der Waals surface area contributed by atoms with E-state index < -0.39 is 10.9 Å². The molecule has 2 aromatic rings. The Morgan fingerprint density at radius 1 is 1.37 bits per heavy atom. The van der Waals surface area contributed by atoms with E-state index in [1.165, 1.54) is 18.3 Å². The maximum atomic E-state index is 10.7. The van der Waals surface area contributed by atoms with Gasteiger partial charge in [-0.05, 0) is 5.56 Å². The Morgan fingerprint density at radius 2 is 2.05 bits per heavy atom. The summed E-state index contributed by atoms with van der Waals surface area (Å²) in [7, 11) is 0. The van der Waals surface area contributed by atoms with Gasteiger partial charge in [0.2, 0.25) is 0 Å². The van der Waals surface area contributed by atoms with Crippen LogP contribution in [-0.2, 0) is 17.8 Å². The molecule has 1 N–H and O–H groups in total. The van der Waals surface area contributed by atoms with Gasteiger partial charge in [-0.1, -0.05) is 12.1 Å². The number of benzene rings is 1. The van der Waals surface area contributed by atoms with Crippen molar-refractivity contribution >= 4 is 11.7 Å². The van der Waals surface area contributed by atoms with Crippen LogP contribution in [0.25, 0.3) is 0 Å². The number of carboxylic acids is 1. The van der Waals surface area contributed by atoms with Gasteiger partial charge in [0.25, 0.3) is 5.69 Å². The number of hydrogen-bond acceptors (Lipinski definition) is 4. The van der Waals surface area contributed by atoms with Crippen LogP contribution in [0.2, 0.25) is 0 Å². The highest BCUT2D eigenvalue weighted by Gasteiger charge is 2.08. The first-order valence-electron chi connectivity index (χ1n) is 5.50. The second kappa shape index (κ2) is 5.30. The molecule has 98 valence electrons. The van der Waals surface area contributed by atoms with Crippen LogP contribution in [0, 0.1) is 10.1 Å². The molecule has 0 aliphatic rings. The van der Waals surface area contributed by atoms with Crippen molar-refractivity contribution in [1.82, 2.24) is 9.55 Å². The number of nitrogens with zero attached hydrogens (tertiary/aromatic N) is 3. The van der Waals surface area contributed by atoms with Crippen LogP contribution in [0.15, 0.2) is 36.8 Å². The minimum absolute atomic E-state index is 0.0279. The van der Waals surface area contributed by atoms with Gasteiger partial charge in [0.05, 0.1) is 17.7 Å². The number of hydrogen-bond donors (Lipinski definition) is 1. The van der Waals surface area contributed by atoms with E-state index >= 15 is 0 Å². The minimum Gasteiger partial charge on any atom is -0.481 e. The number of carboxylic acid groups (broad SMARTS) is 1. The van der Waals surface area contributed by atoms with E-state index in [0.29, 0.717) is 12.2 Å². The zero-order valence-corrected chi connectivity index (χ0v) is 9.89. The average molecular weight is 261 g/mol. The molecule has 2 rings (SSSR count). The molecule has 0 unspecified atom stereocenters. The number of imidazole rings is 1. The number of rotatable bonds is 5. The molecule has 0 fully saturated rings. The number of nitro groups is 1. The van der Waals surface area contributed by atoms with Crippen molar-refractivity contribution < 1.29 is 14.8 Å². The molecular formula is C12H11N3O4. The fraction of sp³-hybridized carbons (Fsp3) is 0.167. The van der Waals surface area contributed by atoms with Crippen molar-refractivity contribution in [3.8, 4) is 0 Å². The Balaban J connectivity index is 2.15. The monoisotopic (exact) mass is 261 g/mol. The van der Waals surface area contributed by atoms with E-state index in [4.69, 9.17) is 5.11 Å². The van der Waals surface area contributed by atoms with Crippen molar-refractivity contribution in [2.24, 2.45) is 0 Å². The van der Waals surface area contributed by atoms with Crippen molar-refractivity contribution in [3.63, 3.8) is 0 Å². The molecule has 1 aromatic heterocycles. The lowest BCUT2D eigenvalue weighted by Crippen LogP contribution is -2.08. The summed E-state index contributed by atoms with van der Waals surface area (Å²) in [5, 5.41) is 19.3. The largest absolute Gasteiger partial charge is 0.481 e. The number of aromatic nitrogens is 2. The third-order valence-electron chi connectivity index (χ3n) is 2.63. The molecule has 0 saturated carbocycles. The fourth-order valence-electron chi connectivity index (χ4n) is 1.71. The van der Waals surface area contributed by atoms with Crippen LogP contribution < -0.4 is 0 Å². The van der Waals surface area contributed by atoms with Gasteiger partial charge in [0.15, 0.2) is 0 Å². The summed E-state index contributed by atoms with van der Waals surface area (Å²) in [4.78, 5) is 24.7. The Morgan fingerprint density at radius 3 is 2.63 bits per heavy atom. The first-order valence-corrected chi connectivity index (χ1v) is 5.50. The summed E-state index contributed by atoms with van der Waals surface area (Å²) < 4.78 is 1.70. The third-order valence-corrected chi connectivity index (χ3v) is 2.63. The van der Waals surface area contributed by atoms with Gasteiger partial charge < -0.3 is 9.67 Å². The van der Waals surface area contributed by atoms with Gasteiger partial charge >= 0.3 is 5.97 Å². The SMILES string of the molecule is O=C(O)Cc1cncn1Cc1ccc([N+](=O)[O-])cc1. The van der Waals surface area contributed by atoms with Crippen LogP contribution in [-0.4, -0.2) is 25.6 Å². The van der Waals surface area contributed by atoms with Gasteiger partial charge in [0.1, 0.15) is 0 Å². The molecule has 0 aliphatic carbocycles. The molecule has 7 heteroatoms. The lowest BCUT2D eigenvalue weighted by Gasteiger charge is -2.06. The van der Waals surface area contributed by atoms with Crippen LogP contribution in [0.4, 0.5) is 5.69 Å². The standard InChI is InChI=1S/C12H11N3O4/c16-12(17)5-11-6-13-8-14(11)7-9-1-3-10(4-2-9)15(18)19/h1-4,6,8H,5,7H2,(H,16,17). The van der Waals surface area contributed by atoms with E-state index in [0.717, 1.165) is 5.56 Å². The second-order valence-corrected chi connectivity index (χ2v) is 4.01. The Labute approximate surface area is 108 Å². The smallest absolute Gasteiger partial charge is 0.309 e. The molecule has 0 saturated heterocycles. The number of carbonyl (C=O) groups is 1. The van der Waals surface area contributed by atoms with Crippen LogP contribution in [0.5, 0.6) is 0 Å². The molecule has 0 spiro atoms. The summed E-state index contributed by atoms with van der Waals surface area (Å²) in [5.41, 5.74) is 1.46. The van der Waals surface area contributed by atoms with E-state index in [1.54, 1.807) is 23.0 Å². The van der Waals surface area contributed by atoms with E-state index in [1.807, 2.05) is 0 Å². The Bertz CT molecular complexity index is 604. The summed E-state index contributed by atoms with van der Waals surface area (Å²) in [6.07, 6.45) is 2.94. The lowest BCUT2D eigenvalue weighted by atomic mass is 10.2. The summed E-state index contributed by atoms with van der Waals surface area (Å²) >= 11 is 0. The first kappa shape index (κ1) is 12.7. The highest BCUT2D eigenvalue weighted by Crippen LogP contribution is 2.13. The maximum Gasteiger partial charge on any atom is 0.309 e. The Hall–Kier alpha value is -2.70. The second-order valence-electron chi connectivity index (χ2n) is 4.01. The molecule has 0 bridgehead atoms. The number of aliphatic carboxylic acids is 1. The summed E-state index contributed by atoms with van der Waals surface area (Å²) in [6, 6.07) is 6.12. The summed E-state index contributed by atoms with van der Waals surface area (Å²) in [5.74, 6) is -0.926. The molecule has 0 aliphatic heterocycles. The molecule has 1 heterocycles. The van der Waals surface area contributed by atoms with Gasteiger partial charge in [-0.3, -0.25) is 14.9 Å². The topological polar surface area (TPSA) is 98.3 Å². The zero-order valence-electron chi connectivity index (χ0n) is 9.89. The van der Waals surface area contributed by atoms with Crippen molar-refractivity contribution in [1.29, 1.82) is 0 Å². The highest BCUT2D eigenvalue weighted by atomic mass is 16.6. The van der Waals surface area contributed by atoms with E-state index in [-0.39, 0.29) is 12.1 Å². The molecule has 7 nitrogen and oxygen atoms in total. The van der Waals surface area contributed by atoms with E-state index in [9.17, 15) is 14.9 Å². The lowest BCUT2D eigenvalue weighted by molar-refractivity contribution is -0.384. The highest BCUT2D eigenvalue weighted by molar-refractivity contribution is 5.69. The van der Waals surface area contributed by atoms with Crippen LogP contribution >= 0.6 is 0 Å².